The van der Waals surface area contributed by atoms with Gasteiger partial charge in [-0.2, -0.15) is 0 Å². The van der Waals surface area contributed by atoms with Crippen molar-refractivity contribution in [2.45, 2.75) is 51.6 Å². The summed E-state index contributed by atoms with van der Waals surface area (Å²) in [5.74, 6) is 0. The van der Waals surface area contributed by atoms with Gasteiger partial charge in [0, 0.05) is 17.9 Å². The molecule has 1 saturated carbocycles. The molecule has 0 N–H and O–H groups in total. The molecule has 3 heteroatoms. The van der Waals surface area contributed by atoms with Crippen LogP contribution in [-0.2, 0) is 9.47 Å². The largest absolute Gasteiger partial charge is 0.382 e. The van der Waals surface area contributed by atoms with Crippen molar-refractivity contribution in [2.24, 2.45) is 5.41 Å². The minimum Gasteiger partial charge on any atom is -0.382 e. The highest BCUT2D eigenvalue weighted by molar-refractivity contribution is 9.09. The molecule has 0 amide bonds. The fraction of sp³-hybridized carbons (Fsp3) is 1.00. The van der Waals surface area contributed by atoms with Crippen LogP contribution in [0, 0.1) is 5.41 Å². The van der Waals surface area contributed by atoms with Crippen molar-refractivity contribution in [1.29, 1.82) is 0 Å². The maximum Gasteiger partial charge on any atom is 0.0780 e. The van der Waals surface area contributed by atoms with Crippen LogP contribution in [0.15, 0.2) is 0 Å². The van der Waals surface area contributed by atoms with Crippen molar-refractivity contribution in [1.82, 2.24) is 0 Å². The summed E-state index contributed by atoms with van der Waals surface area (Å²) in [4.78, 5) is 0. The van der Waals surface area contributed by atoms with Crippen LogP contribution in [0.3, 0.4) is 0 Å². The lowest BCUT2D eigenvalue weighted by atomic mass is 9.83. The van der Waals surface area contributed by atoms with Crippen molar-refractivity contribution < 1.29 is 9.47 Å². The Balaban J connectivity index is 2.39. The first kappa shape index (κ1) is 14.5. The molecule has 0 spiro atoms. The van der Waals surface area contributed by atoms with Gasteiger partial charge in [-0.15, -0.1) is 0 Å². The van der Waals surface area contributed by atoms with Gasteiger partial charge in [-0.05, 0) is 19.8 Å². The van der Waals surface area contributed by atoms with E-state index in [2.05, 4.69) is 22.9 Å². The van der Waals surface area contributed by atoms with Crippen molar-refractivity contribution in [2.75, 3.05) is 25.7 Å². The number of alkyl halides is 1. The first-order valence-corrected chi connectivity index (χ1v) is 7.51. The van der Waals surface area contributed by atoms with Gasteiger partial charge in [0.2, 0.25) is 0 Å². The lowest BCUT2D eigenvalue weighted by Gasteiger charge is -2.31. The Kier molecular flexibility index (Phi) is 6.94. The van der Waals surface area contributed by atoms with Gasteiger partial charge in [-0.3, -0.25) is 0 Å². The molecule has 96 valence electrons. The second-order valence-electron chi connectivity index (χ2n) is 5.12. The van der Waals surface area contributed by atoms with Crippen LogP contribution in [0.4, 0.5) is 0 Å². The Morgan fingerprint density at radius 2 is 1.81 bits per heavy atom. The van der Waals surface area contributed by atoms with Gasteiger partial charge >= 0.3 is 0 Å². The lowest BCUT2D eigenvalue weighted by molar-refractivity contribution is -0.0316. The lowest BCUT2D eigenvalue weighted by Crippen LogP contribution is -2.31. The predicted molar refractivity (Wildman–Crippen MR) is 71.2 cm³/mol. The van der Waals surface area contributed by atoms with Crippen molar-refractivity contribution in [3.8, 4) is 0 Å². The molecular weight excluding hydrogens is 268 g/mol. The smallest absolute Gasteiger partial charge is 0.0780 e. The zero-order chi connectivity index (χ0) is 11.9. The third-order valence-electron chi connectivity index (χ3n) is 3.52. The van der Waals surface area contributed by atoms with Gasteiger partial charge < -0.3 is 9.47 Å². The highest BCUT2D eigenvalue weighted by Gasteiger charge is 2.30. The SMILES string of the molecule is COCC(C)OCC1(CBr)CCCCCC1. The third-order valence-corrected chi connectivity index (χ3v) is 4.71. The van der Waals surface area contributed by atoms with Crippen LogP contribution in [0.1, 0.15) is 45.4 Å². The summed E-state index contributed by atoms with van der Waals surface area (Å²) < 4.78 is 11.0. The van der Waals surface area contributed by atoms with Crippen LogP contribution in [0.25, 0.3) is 0 Å². The summed E-state index contributed by atoms with van der Waals surface area (Å²) in [7, 11) is 1.73. The molecule has 0 aromatic heterocycles. The van der Waals surface area contributed by atoms with E-state index in [0.717, 1.165) is 11.9 Å². The molecule has 0 bridgehead atoms. The van der Waals surface area contributed by atoms with Gasteiger partial charge in [0.25, 0.3) is 0 Å². The van der Waals surface area contributed by atoms with Gasteiger partial charge in [-0.1, -0.05) is 41.6 Å². The number of methoxy groups -OCH3 is 1. The van der Waals surface area contributed by atoms with Crippen molar-refractivity contribution in [3.63, 3.8) is 0 Å². The van der Waals surface area contributed by atoms with Crippen LogP contribution < -0.4 is 0 Å². The maximum absolute atomic E-state index is 5.92. The van der Waals surface area contributed by atoms with E-state index in [-0.39, 0.29) is 6.10 Å². The average molecular weight is 293 g/mol. The molecular formula is C13H25BrO2. The summed E-state index contributed by atoms with van der Waals surface area (Å²) in [6.45, 7) is 3.66. The van der Waals surface area contributed by atoms with Crippen LogP contribution in [0.5, 0.6) is 0 Å². The van der Waals surface area contributed by atoms with E-state index in [1.807, 2.05) is 0 Å². The minimum absolute atomic E-state index is 0.212. The highest BCUT2D eigenvalue weighted by atomic mass is 79.9. The van der Waals surface area contributed by atoms with Crippen molar-refractivity contribution >= 4 is 15.9 Å². The van der Waals surface area contributed by atoms with Crippen LogP contribution in [0.2, 0.25) is 0 Å². The average Bonchev–Trinajstić information content (AvgIpc) is 2.53. The summed E-state index contributed by atoms with van der Waals surface area (Å²) in [5.41, 5.74) is 0.374. The first-order chi connectivity index (χ1) is 7.72. The molecule has 0 radical (unpaired) electrons. The van der Waals surface area contributed by atoms with Crippen LogP contribution >= 0.6 is 15.9 Å². The van der Waals surface area contributed by atoms with Gasteiger partial charge in [0.05, 0.1) is 19.3 Å². The van der Waals surface area contributed by atoms with E-state index < -0.39 is 0 Å². The van der Waals surface area contributed by atoms with Gasteiger partial charge in [0.15, 0.2) is 0 Å². The molecule has 16 heavy (non-hydrogen) atoms. The molecule has 1 rings (SSSR count). The molecule has 1 atom stereocenters. The van der Waals surface area contributed by atoms with E-state index >= 15 is 0 Å². The zero-order valence-corrected chi connectivity index (χ0v) is 12.2. The zero-order valence-electron chi connectivity index (χ0n) is 10.6. The molecule has 1 aliphatic rings. The molecule has 0 saturated heterocycles. The third kappa shape index (κ3) is 4.72. The summed E-state index contributed by atoms with van der Waals surface area (Å²) >= 11 is 3.68. The molecule has 0 aromatic rings. The normalized spacial score (nSPS) is 22.7. The molecule has 1 unspecified atom stereocenters. The fourth-order valence-corrected chi connectivity index (χ4v) is 3.12. The number of hydrogen-bond donors (Lipinski definition) is 0. The first-order valence-electron chi connectivity index (χ1n) is 6.39. The molecule has 2 nitrogen and oxygen atoms in total. The van der Waals surface area contributed by atoms with Crippen LogP contribution in [-0.4, -0.2) is 31.8 Å². The van der Waals surface area contributed by atoms with Crippen molar-refractivity contribution in [3.05, 3.63) is 0 Å². The van der Waals surface area contributed by atoms with E-state index in [4.69, 9.17) is 9.47 Å². The standard InChI is InChI=1S/C13H25BrO2/c1-12(9-15-2)16-11-13(10-14)7-5-3-4-6-8-13/h12H,3-11H2,1-2H3. The second kappa shape index (κ2) is 7.67. The Morgan fingerprint density at radius 1 is 1.19 bits per heavy atom. The number of hydrogen-bond acceptors (Lipinski definition) is 2. The fourth-order valence-electron chi connectivity index (χ4n) is 2.40. The summed E-state index contributed by atoms with van der Waals surface area (Å²) in [5, 5.41) is 1.07. The Labute approximate surface area is 108 Å². The Morgan fingerprint density at radius 3 is 2.31 bits per heavy atom. The quantitative estimate of drug-likeness (QED) is 0.548. The number of rotatable bonds is 6. The Bertz CT molecular complexity index is 177. The van der Waals surface area contributed by atoms with E-state index in [1.165, 1.54) is 38.5 Å². The summed E-state index contributed by atoms with van der Waals surface area (Å²) in [6, 6.07) is 0. The minimum atomic E-state index is 0.212. The predicted octanol–water partition coefficient (Wildman–Crippen LogP) is 3.77. The monoisotopic (exact) mass is 292 g/mol. The molecule has 0 aromatic carbocycles. The summed E-state index contributed by atoms with van der Waals surface area (Å²) in [6.07, 6.45) is 8.31. The van der Waals surface area contributed by atoms with E-state index in [1.54, 1.807) is 7.11 Å². The van der Waals surface area contributed by atoms with E-state index in [9.17, 15) is 0 Å². The number of halogens is 1. The Hall–Kier alpha value is 0.400. The highest BCUT2D eigenvalue weighted by Crippen LogP contribution is 2.37. The maximum atomic E-state index is 5.92. The molecule has 0 aliphatic heterocycles. The van der Waals surface area contributed by atoms with Gasteiger partial charge in [-0.25, -0.2) is 0 Å². The van der Waals surface area contributed by atoms with Gasteiger partial charge in [0.1, 0.15) is 0 Å². The molecule has 1 fully saturated rings. The topological polar surface area (TPSA) is 18.5 Å². The second-order valence-corrected chi connectivity index (χ2v) is 5.69. The number of ether oxygens (including phenoxy) is 2. The molecule has 1 aliphatic carbocycles. The molecule has 0 heterocycles. The van der Waals surface area contributed by atoms with E-state index in [0.29, 0.717) is 12.0 Å².